The van der Waals surface area contributed by atoms with E-state index in [0.29, 0.717) is 21.9 Å². The molecule has 2 rings (SSSR count). The van der Waals surface area contributed by atoms with Crippen LogP contribution < -0.4 is 5.32 Å². The van der Waals surface area contributed by atoms with Crippen molar-refractivity contribution in [1.29, 1.82) is 0 Å². The van der Waals surface area contributed by atoms with E-state index in [9.17, 15) is 13.6 Å². The minimum atomic E-state index is -2.57. The van der Waals surface area contributed by atoms with Crippen LogP contribution in [0.4, 0.5) is 14.5 Å². The molecule has 1 amide bonds. The molecule has 110 valence electrons. The maximum absolute atomic E-state index is 12.5. The number of halogens is 4. The topological polar surface area (TPSA) is 42.0 Å². The first-order valence-corrected chi connectivity index (χ1v) is 7.68. The number of carbonyl (C=O) groups is 1. The average molecular weight is 394 g/mol. The molecule has 3 nitrogen and oxygen atoms in total. The summed E-state index contributed by atoms with van der Waals surface area (Å²) >= 11 is 9.42. The van der Waals surface area contributed by atoms with Gasteiger partial charge in [-0.1, -0.05) is 35.5 Å². The van der Waals surface area contributed by atoms with Gasteiger partial charge in [0.25, 0.3) is 11.7 Å². The van der Waals surface area contributed by atoms with E-state index in [4.69, 9.17) is 11.6 Å². The van der Waals surface area contributed by atoms with Crippen LogP contribution in [0, 0.1) is 0 Å². The van der Waals surface area contributed by atoms with Crippen molar-refractivity contribution in [3.05, 3.63) is 51.7 Å². The lowest BCUT2D eigenvalue weighted by molar-refractivity contribution is 0.102. The Morgan fingerprint density at radius 3 is 2.81 bits per heavy atom. The van der Waals surface area contributed by atoms with Gasteiger partial charge in [-0.05, 0) is 34.1 Å². The molecule has 0 atom stereocenters. The molecule has 0 bridgehead atoms. The third kappa shape index (κ3) is 4.39. The molecule has 0 aliphatic rings. The minimum Gasteiger partial charge on any atom is -0.321 e. The molecule has 21 heavy (non-hydrogen) atoms. The highest BCUT2D eigenvalue weighted by atomic mass is 79.9. The molecule has 0 aliphatic heterocycles. The maximum atomic E-state index is 12.5. The fraction of sp³-hybridized carbons (Fsp3) is 0.0769. The van der Waals surface area contributed by atoms with Crippen LogP contribution in [0.5, 0.6) is 0 Å². The van der Waals surface area contributed by atoms with Crippen molar-refractivity contribution in [3.63, 3.8) is 0 Å². The predicted octanol–water partition coefficient (Wildman–Crippen LogP) is 5.06. The van der Waals surface area contributed by atoms with Crippen LogP contribution in [-0.4, -0.2) is 16.6 Å². The standard InChI is InChI=1S/C13H8BrClF2N2OS/c14-7-5-8(11(15)18-6-7)12(20)19-9-3-1-2-4-10(9)21-13(16)17/h1-6,13H,(H,19,20). The summed E-state index contributed by atoms with van der Waals surface area (Å²) in [7, 11) is 0. The Balaban J connectivity index is 2.25. The van der Waals surface area contributed by atoms with Gasteiger partial charge in [0.2, 0.25) is 0 Å². The summed E-state index contributed by atoms with van der Waals surface area (Å²) in [4.78, 5) is 16.3. The van der Waals surface area contributed by atoms with Gasteiger partial charge in [0.15, 0.2) is 0 Å². The number of amides is 1. The van der Waals surface area contributed by atoms with E-state index in [0.717, 1.165) is 0 Å². The number of aromatic nitrogens is 1. The first-order valence-electron chi connectivity index (χ1n) is 5.63. The second-order valence-electron chi connectivity index (χ2n) is 3.82. The number of carbonyl (C=O) groups excluding carboxylic acids is 1. The quantitative estimate of drug-likeness (QED) is 0.583. The Morgan fingerprint density at radius 2 is 2.10 bits per heavy atom. The van der Waals surface area contributed by atoms with Crippen LogP contribution in [0.3, 0.4) is 0 Å². The molecule has 0 saturated carbocycles. The van der Waals surface area contributed by atoms with Crippen molar-refractivity contribution >= 4 is 50.9 Å². The SMILES string of the molecule is O=C(Nc1ccccc1SC(F)F)c1cc(Br)cnc1Cl. The molecule has 0 aliphatic carbocycles. The summed E-state index contributed by atoms with van der Waals surface area (Å²) in [5, 5.41) is 2.60. The summed E-state index contributed by atoms with van der Waals surface area (Å²) in [6, 6.07) is 7.82. The van der Waals surface area contributed by atoms with Gasteiger partial charge in [-0.25, -0.2) is 4.98 Å². The van der Waals surface area contributed by atoms with Crippen LogP contribution >= 0.6 is 39.3 Å². The molecule has 0 unspecified atom stereocenters. The summed E-state index contributed by atoms with van der Waals surface area (Å²) in [5.74, 6) is -3.09. The predicted molar refractivity (Wildman–Crippen MR) is 83.2 cm³/mol. The lowest BCUT2D eigenvalue weighted by Crippen LogP contribution is -2.13. The van der Waals surface area contributed by atoms with Crippen LogP contribution in [-0.2, 0) is 0 Å². The van der Waals surface area contributed by atoms with E-state index >= 15 is 0 Å². The van der Waals surface area contributed by atoms with Crippen LogP contribution in [0.2, 0.25) is 5.15 Å². The largest absolute Gasteiger partial charge is 0.321 e. The number of nitrogens with zero attached hydrogens (tertiary/aromatic N) is 1. The van der Waals surface area contributed by atoms with Gasteiger partial charge in [0.1, 0.15) is 5.15 Å². The molecule has 1 aromatic carbocycles. The number of anilines is 1. The van der Waals surface area contributed by atoms with Gasteiger partial charge in [0.05, 0.1) is 11.3 Å². The molecule has 1 aromatic heterocycles. The highest BCUT2D eigenvalue weighted by Crippen LogP contribution is 2.32. The van der Waals surface area contributed by atoms with E-state index in [1.165, 1.54) is 18.3 Å². The Labute approximate surface area is 137 Å². The summed E-state index contributed by atoms with van der Waals surface area (Å²) < 4.78 is 25.6. The zero-order valence-electron chi connectivity index (χ0n) is 10.3. The number of rotatable bonds is 4. The van der Waals surface area contributed by atoms with E-state index in [-0.39, 0.29) is 15.6 Å². The smallest absolute Gasteiger partial charge is 0.288 e. The second-order valence-corrected chi connectivity index (χ2v) is 6.13. The minimum absolute atomic E-state index is 0.0368. The second kappa shape index (κ2) is 7.20. The van der Waals surface area contributed by atoms with Gasteiger partial charge in [-0.3, -0.25) is 4.79 Å². The van der Waals surface area contributed by atoms with Crippen LogP contribution in [0.1, 0.15) is 10.4 Å². The van der Waals surface area contributed by atoms with Gasteiger partial charge in [-0.2, -0.15) is 8.78 Å². The zero-order valence-corrected chi connectivity index (χ0v) is 13.5. The lowest BCUT2D eigenvalue weighted by Gasteiger charge is -2.11. The molecule has 1 N–H and O–H groups in total. The number of hydrogen-bond donors (Lipinski definition) is 1. The number of para-hydroxylation sites is 1. The Morgan fingerprint density at radius 1 is 1.38 bits per heavy atom. The summed E-state index contributed by atoms with van der Waals surface area (Å²) in [6.07, 6.45) is 1.46. The normalized spacial score (nSPS) is 10.7. The number of thioether (sulfide) groups is 1. The van der Waals surface area contributed by atoms with E-state index in [1.54, 1.807) is 18.2 Å². The molecule has 0 radical (unpaired) electrons. The average Bonchev–Trinajstić information content (AvgIpc) is 2.43. The molecule has 0 fully saturated rings. The van der Waals surface area contributed by atoms with Crippen molar-refractivity contribution in [2.75, 3.05) is 5.32 Å². The first kappa shape index (κ1) is 16.2. The molecular formula is C13H8BrClF2N2OS. The molecule has 1 heterocycles. The van der Waals surface area contributed by atoms with Crippen LogP contribution in [0.25, 0.3) is 0 Å². The van der Waals surface area contributed by atoms with Crippen molar-refractivity contribution in [2.24, 2.45) is 0 Å². The Kier molecular flexibility index (Phi) is 5.55. The highest BCUT2D eigenvalue weighted by molar-refractivity contribution is 9.10. The van der Waals surface area contributed by atoms with Gasteiger partial charge >= 0.3 is 0 Å². The number of benzene rings is 1. The maximum Gasteiger partial charge on any atom is 0.288 e. The third-order valence-corrected chi connectivity index (χ3v) is 3.92. The van der Waals surface area contributed by atoms with Crippen molar-refractivity contribution in [1.82, 2.24) is 4.98 Å². The zero-order chi connectivity index (χ0) is 15.4. The number of hydrogen-bond acceptors (Lipinski definition) is 3. The Bertz CT molecular complexity index is 672. The molecule has 2 aromatic rings. The number of alkyl halides is 2. The fourth-order valence-corrected chi connectivity index (χ4v) is 2.66. The van der Waals surface area contributed by atoms with Crippen molar-refractivity contribution in [3.8, 4) is 0 Å². The first-order chi connectivity index (χ1) is 9.97. The fourth-order valence-electron chi connectivity index (χ4n) is 1.54. The van der Waals surface area contributed by atoms with Crippen molar-refractivity contribution < 1.29 is 13.6 Å². The number of pyridine rings is 1. The number of nitrogens with one attached hydrogen (secondary N) is 1. The van der Waals surface area contributed by atoms with E-state index in [2.05, 4.69) is 26.2 Å². The van der Waals surface area contributed by atoms with Crippen molar-refractivity contribution in [2.45, 2.75) is 10.7 Å². The van der Waals surface area contributed by atoms with Gasteiger partial charge < -0.3 is 5.32 Å². The monoisotopic (exact) mass is 392 g/mol. The molecule has 0 saturated heterocycles. The van der Waals surface area contributed by atoms with Gasteiger partial charge in [0, 0.05) is 15.6 Å². The third-order valence-electron chi connectivity index (χ3n) is 2.40. The highest BCUT2D eigenvalue weighted by Gasteiger charge is 2.15. The van der Waals surface area contributed by atoms with E-state index in [1.807, 2.05) is 0 Å². The Hall–Kier alpha value is -1.18. The lowest BCUT2D eigenvalue weighted by atomic mass is 10.2. The summed E-state index contributed by atoms with van der Waals surface area (Å²) in [6.45, 7) is 0. The molecule has 0 spiro atoms. The molecule has 8 heteroatoms. The molecular weight excluding hydrogens is 386 g/mol. The summed E-state index contributed by atoms with van der Waals surface area (Å²) in [5.41, 5.74) is 0.451. The van der Waals surface area contributed by atoms with Crippen LogP contribution in [0.15, 0.2) is 45.9 Å². The van der Waals surface area contributed by atoms with Gasteiger partial charge in [-0.15, -0.1) is 0 Å². The van der Waals surface area contributed by atoms with E-state index < -0.39 is 11.7 Å².